The monoisotopic (exact) mass is 418 g/mol. The normalized spacial score (nSPS) is 13.5. The number of nitrogens with two attached hydrogens (primary N) is 1. The summed E-state index contributed by atoms with van der Waals surface area (Å²) in [6, 6.07) is 11.6. The van der Waals surface area contributed by atoms with Crippen LogP contribution in [0.15, 0.2) is 58.3 Å². The summed E-state index contributed by atoms with van der Waals surface area (Å²) in [5.74, 6) is -0.682. The Labute approximate surface area is 179 Å². The van der Waals surface area contributed by atoms with Crippen LogP contribution in [0.2, 0.25) is 0 Å². The van der Waals surface area contributed by atoms with E-state index in [4.69, 9.17) is 5.73 Å². The molecule has 2 heterocycles. The molecule has 0 aliphatic rings. The number of primary amides is 1. The van der Waals surface area contributed by atoms with Gasteiger partial charge in [0.05, 0.1) is 16.9 Å². The van der Waals surface area contributed by atoms with E-state index in [-0.39, 0.29) is 6.04 Å². The first-order valence-electron chi connectivity index (χ1n) is 10.5. The maximum Gasteiger partial charge on any atom is 0.332 e. The third-order valence-corrected chi connectivity index (χ3v) is 6.01. The number of H-pyrrole nitrogens is 1. The Kier molecular flexibility index (Phi) is 5.27. The first-order valence-corrected chi connectivity index (χ1v) is 10.5. The molecule has 3 N–H and O–H groups in total. The van der Waals surface area contributed by atoms with Crippen LogP contribution in [0, 0.1) is 6.92 Å². The van der Waals surface area contributed by atoms with Crippen molar-refractivity contribution in [2.45, 2.75) is 45.7 Å². The van der Waals surface area contributed by atoms with E-state index in [0.29, 0.717) is 23.7 Å². The first-order chi connectivity index (χ1) is 14.9. The Hall–Kier alpha value is -3.61. The molecule has 0 saturated carbocycles. The molecule has 1 amide bonds. The molecule has 7 heteroatoms. The van der Waals surface area contributed by atoms with Gasteiger partial charge in [-0.3, -0.25) is 14.2 Å². The number of para-hydroxylation sites is 1. The smallest absolute Gasteiger partial charge is 0.332 e. The molecule has 0 bridgehead atoms. The van der Waals surface area contributed by atoms with Gasteiger partial charge in [-0.15, -0.1) is 0 Å². The molecule has 0 fully saturated rings. The van der Waals surface area contributed by atoms with Gasteiger partial charge in [0, 0.05) is 22.7 Å². The molecule has 0 aliphatic carbocycles. The summed E-state index contributed by atoms with van der Waals surface area (Å²) in [4.78, 5) is 42.4. The van der Waals surface area contributed by atoms with E-state index in [1.807, 2.05) is 45.2 Å². The zero-order valence-electron chi connectivity index (χ0n) is 17.9. The lowest BCUT2D eigenvalue weighted by molar-refractivity contribution is -0.121. The lowest BCUT2D eigenvalue weighted by atomic mass is 10.0. The predicted octanol–water partition coefficient (Wildman–Crippen LogP) is 3.39. The average Bonchev–Trinajstić information content (AvgIpc) is 3.18. The highest BCUT2D eigenvalue weighted by Crippen LogP contribution is 2.30. The molecule has 0 radical (unpaired) electrons. The van der Waals surface area contributed by atoms with Crippen LogP contribution in [0.3, 0.4) is 0 Å². The molecule has 31 heavy (non-hydrogen) atoms. The third-order valence-electron chi connectivity index (χ3n) is 6.01. The van der Waals surface area contributed by atoms with Crippen molar-refractivity contribution in [1.82, 2.24) is 14.1 Å². The zero-order chi connectivity index (χ0) is 22.3. The van der Waals surface area contributed by atoms with Gasteiger partial charge >= 0.3 is 5.69 Å². The number of fused-ring (bicyclic) bond motifs is 2. The van der Waals surface area contributed by atoms with Crippen molar-refractivity contribution in [2.75, 3.05) is 0 Å². The lowest BCUT2D eigenvalue weighted by Crippen LogP contribution is -2.46. The molecule has 2 unspecified atom stereocenters. The SMILES string of the molecule is CCCC(C(N)=O)n1c(=O)c2ccccc2n(C(C)c2c[nH]c3cccc(C)c23)c1=O. The Morgan fingerprint density at radius 2 is 1.84 bits per heavy atom. The Morgan fingerprint density at radius 1 is 1.10 bits per heavy atom. The maximum atomic E-state index is 13.7. The highest BCUT2D eigenvalue weighted by atomic mass is 16.2. The number of nitrogens with zero attached hydrogens (tertiary/aromatic N) is 2. The van der Waals surface area contributed by atoms with Crippen LogP contribution < -0.4 is 17.0 Å². The van der Waals surface area contributed by atoms with Crippen LogP contribution in [-0.4, -0.2) is 20.0 Å². The van der Waals surface area contributed by atoms with Crippen LogP contribution in [0.25, 0.3) is 21.8 Å². The summed E-state index contributed by atoms with van der Waals surface area (Å²) in [5.41, 5.74) is 8.12. The van der Waals surface area contributed by atoms with Crippen LogP contribution in [0.1, 0.15) is 49.9 Å². The van der Waals surface area contributed by atoms with Crippen molar-refractivity contribution in [1.29, 1.82) is 0 Å². The highest BCUT2D eigenvalue weighted by Gasteiger charge is 2.26. The second kappa shape index (κ2) is 7.91. The molecule has 2 aromatic carbocycles. The van der Waals surface area contributed by atoms with Crippen molar-refractivity contribution < 1.29 is 4.79 Å². The molecule has 0 aliphatic heterocycles. The van der Waals surface area contributed by atoms with Gasteiger partial charge in [-0.1, -0.05) is 37.6 Å². The van der Waals surface area contributed by atoms with Crippen molar-refractivity contribution in [3.05, 3.63) is 80.6 Å². The number of carbonyl (C=O) groups excluding carboxylic acids is 1. The molecule has 4 aromatic rings. The summed E-state index contributed by atoms with van der Waals surface area (Å²) in [5, 5.41) is 1.43. The van der Waals surface area contributed by atoms with E-state index in [9.17, 15) is 14.4 Å². The minimum absolute atomic E-state index is 0.323. The summed E-state index contributed by atoms with van der Waals surface area (Å²) in [6.45, 7) is 5.84. The summed E-state index contributed by atoms with van der Waals surface area (Å²) < 4.78 is 2.63. The van der Waals surface area contributed by atoms with Gasteiger partial charge in [-0.25, -0.2) is 9.36 Å². The molecule has 2 atom stereocenters. The van der Waals surface area contributed by atoms with E-state index >= 15 is 0 Å². The summed E-state index contributed by atoms with van der Waals surface area (Å²) in [7, 11) is 0. The Bertz CT molecular complexity index is 1410. The predicted molar refractivity (Wildman–Crippen MR) is 122 cm³/mol. The van der Waals surface area contributed by atoms with Gasteiger partial charge in [-0.2, -0.15) is 0 Å². The fourth-order valence-electron chi connectivity index (χ4n) is 4.49. The van der Waals surface area contributed by atoms with Crippen LogP contribution in [0.5, 0.6) is 0 Å². The number of aryl methyl sites for hydroxylation is 1. The van der Waals surface area contributed by atoms with Crippen LogP contribution >= 0.6 is 0 Å². The van der Waals surface area contributed by atoms with E-state index in [2.05, 4.69) is 4.98 Å². The van der Waals surface area contributed by atoms with Crippen molar-refractivity contribution in [3.8, 4) is 0 Å². The molecular weight excluding hydrogens is 392 g/mol. The second-order valence-electron chi connectivity index (χ2n) is 7.97. The zero-order valence-corrected chi connectivity index (χ0v) is 17.9. The number of benzene rings is 2. The number of rotatable bonds is 6. The molecule has 0 saturated heterocycles. The number of aromatic nitrogens is 3. The molecule has 7 nitrogen and oxygen atoms in total. The van der Waals surface area contributed by atoms with Crippen LogP contribution in [-0.2, 0) is 4.79 Å². The van der Waals surface area contributed by atoms with Gasteiger partial charge in [0.25, 0.3) is 5.56 Å². The third kappa shape index (κ3) is 3.26. The van der Waals surface area contributed by atoms with Gasteiger partial charge in [0.2, 0.25) is 5.91 Å². The van der Waals surface area contributed by atoms with Gasteiger partial charge in [0.15, 0.2) is 0 Å². The molecule has 0 spiro atoms. The van der Waals surface area contributed by atoms with E-state index < -0.39 is 23.2 Å². The molecule has 4 rings (SSSR count). The van der Waals surface area contributed by atoms with E-state index in [1.165, 1.54) is 0 Å². The largest absolute Gasteiger partial charge is 0.368 e. The number of nitrogens with one attached hydrogen (secondary N) is 1. The summed E-state index contributed by atoms with van der Waals surface area (Å²) >= 11 is 0. The van der Waals surface area contributed by atoms with Gasteiger partial charge in [0.1, 0.15) is 6.04 Å². The molecule has 2 aromatic heterocycles. The van der Waals surface area contributed by atoms with Gasteiger partial charge in [-0.05, 0) is 44.0 Å². The molecule has 160 valence electrons. The van der Waals surface area contributed by atoms with Crippen molar-refractivity contribution in [2.24, 2.45) is 5.73 Å². The standard InChI is InChI=1S/C24H26N4O3/c1-4-8-20(22(25)29)28-23(30)16-10-5-6-12-19(16)27(24(28)31)15(3)17-13-26-18-11-7-9-14(2)21(17)18/h5-7,9-13,15,20,26H,4,8H2,1-3H3,(H2,25,29). The second-order valence-corrected chi connectivity index (χ2v) is 7.97. The fourth-order valence-corrected chi connectivity index (χ4v) is 4.49. The maximum absolute atomic E-state index is 13.7. The minimum atomic E-state index is -0.988. The Balaban J connectivity index is 2.07. The highest BCUT2D eigenvalue weighted by molar-refractivity contribution is 5.87. The van der Waals surface area contributed by atoms with Crippen molar-refractivity contribution in [3.63, 3.8) is 0 Å². The number of aromatic amines is 1. The molecular formula is C24H26N4O3. The average molecular weight is 418 g/mol. The fraction of sp³-hybridized carbons (Fsp3) is 0.292. The number of carbonyl (C=O) groups is 1. The van der Waals surface area contributed by atoms with Crippen molar-refractivity contribution >= 4 is 27.7 Å². The summed E-state index contributed by atoms with van der Waals surface area (Å²) in [6.07, 6.45) is 2.84. The first kappa shape index (κ1) is 20.7. The van der Waals surface area contributed by atoms with E-state index in [0.717, 1.165) is 26.6 Å². The van der Waals surface area contributed by atoms with Crippen LogP contribution in [0.4, 0.5) is 0 Å². The number of hydrogen-bond donors (Lipinski definition) is 2. The number of hydrogen-bond acceptors (Lipinski definition) is 3. The van der Waals surface area contributed by atoms with E-state index in [1.54, 1.807) is 28.8 Å². The lowest BCUT2D eigenvalue weighted by Gasteiger charge is -2.23. The minimum Gasteiger partial charge on any atom is -0.368 e. The Morgan fingerprint density at radius 3 is 2.55 bits per heavy atom. The quantitative estimate of drug-likeness (QED) is 0.502. The number of amides is 1. The topological polar surface area (TPSA) is 103 Å². The van der Waals surface area contributed by atoms with Gasteiger partial charge < -0.3 is 10.7 Å².